The number of hydrogen-bond donors (Lipinski definition) is 2. The summed E-state index contributed by atoms with van der Waals surface area (Å²) in [4.78, 5) is 31.6. The van der Waals surface area contributed by atoms with Gasteiger partial charge in [0.1, 0.15) is 17.6 Å². The van der Waals surface area contributed by atoms with Crippen molar-refractivity contribution in [3.8, 4) is 0 Å². The van der Waals surface area contributed by atoms with Gasteiger partial charge in [-0.1, -0.05) is 50.2 Å². The molecule has 0 unspecified atom stereocenters. The third-order valence-electron chi connectivity index (χ3n) is 4.98. The van der Waals surface area contributed by atoms with Crippen molar-refractivity contribution in [2.75, 3.05) is 11.9 Å². The summed E-state index contributed by atoms with van der Waals surface area (Å²) in [5.41, 5.74) is 2.32. The Bertz CT molecular complexity index is 851. The molecule has 0 saturated heterocycles. The highest BCUT2D eigenvalue weighted by Gasteiger charge is 2.35. The van der Waals surface area contributed by atoms with E-state index in [4.69, 9.17) is 0 Å². The molecule has 0 spiro atoms. The zero-order chi connectivity index (χ0) is 20.3. The molecule has 0 bridgehead atoms. The second kappa shape index (κ2) is 8.42. The van der Waals surface area contributed by atoms with Gasteiger partial charge in [-0.25, -0.2) is 4.98 Å². The highest BCUT2D eigenvalue weighted by molar-refractivity contribution is 5.99. The Morgan fingerprint density at radius 1 is 1.11 bits per heavy atom. The number of pyridine rings is 1. The second-order valence-electron chi connectivity index (χ2n) is 7.73. The number of anilines is 1. The van der Waals surface area contributed by atoms with Crippen molar-refractivity contribution < 1.29 is 9.59 Å². The van der Waals surface area contributed by atoms with E-state index in [1.807, 2.05) is 49.4 Å². The summed E-state index contributed by atoms with van der Waals surface area (Å²) in [6.07, 6.45) is 0. The molecule has 148 valence electrons. The van der Waals surface area contributed by atoms with Gasteiger partial charge in [0.05, 0.1) is 6.04 Å². The van der Waals surface area contributed by atoms with Crippen LogP contribution in [-0.4, -0.2) is 34.3 Å². The number of carbonyl (C=O) groups is 2. The predicted octanol–water partition coefficient (Wildman–Crippen LogP) is 3.37. The SMILES string of the molecule is CC(C)CNc1ccc2c(n1)C(=O)N([C@H](C)C(=O)N[C@@H](C)c1ccccc1)C2. The lowest BCUT2D eigenvalue weighted by Gasteiger charge is -2.25. The maximum Gasteiger partial charge on any atom is 0.273 e. The van der Waals surface area contributed by atoms with Crippen molar-refractivity contribution in [1.29, 1.82) is 0 Å². The molecule has 2 heterocycles. The summed E-state index contributed by atoms with van der Waals surface area (Å²) < 4.78 is 0. The van der Waals surface area contributed by atoms with Crippen molar-refractivity contribution in [2.45, 2.75) is 46.3 Å². The number of hydrogen-bond acceptors (Lipinski definition) is 4. The average Bonchev–Trinajstić information content (AvgIpc) is 3.02. The first-order chi connectivity index (χ1) is 13.4. The number of aromatic nitrogens is 1. The molecule has 0 saturated carbocycles. The minimum Gasteiger partial charge on any atom is -0.370 e. The first-order valence-electron chi connectivity index (χ1n) is 9.77. The number of amides is 2. The molecule has 2 atom stereocenters. The van der Waals surface area contributed by atoms with E-state index in [0.717, 1.165) is 17.7 Å². The van der Waals surface area contributed by atoms with Crippen LogP contribution in [0.5, 0.6) is 0 Å². The molecule has 0 fully saturated rings. The largest absolute Gasteiger partial charge is 0.370 e. The van der Waals surface area contributed by atoms with Gasteiger partial charge in [0.2, 0.25) is 5.91 Å². The van der Waals surface area contributed by atoms with Crippen LogP contribution in [0, 0.1) is 5.92 Å². The average molecular weight is 380 g/mol. The smallest absolute Gasteiger partial charge is 0.273 e. The number of benzene rings is 1. The van der Waals surface area contributed by atoms with Crippen LogP contribution in [0.3, 0.4) is 0 Å². The molecule has 2 amide bonds. The van der Waals surface area contributed by atoms with Crippen molar-refractivity contribution in [3.63, 3.8) is 0 Å². The van der Waals surface area contributed by atoms with Crippen molar-refractivity contribution in [3.05, 3.63) is 59.3 Å². The Balaban J connectivity index is 1.66. The third kappa shape index (κ3) is 4.32. The summed E-state index contributed by atoms with van der Waals surface area (Å²) in [6, 6.07) is 12.9. The molecule has 6 heteroatoms. The number of carbonyl (C=O) groups excluding carboxylic acids is 2. The monoisotopic (exact) mass is 380 g/mol. The van der Waals surface area contributed by atoms with E-state index >= 15 is 0 Å². The van der Waals surface area contributed by atoms with E-state index in [9.17, 15) is 9.59 Å². The van der Waals surface area contributed by atoms with Crippen LogP contribution in [0.2, 0.25) is 0 Å². The molecular weight excluding hydrogens is 352 g/mol. The normalized spacial score (nSPS) is 15.3. The van der Waals surface area contributed by atoms with Crippen molar-refractivity contribution in [1.82, 2.24) is 15.2 Å². The first kappa shape index (κ1) is 19.9. The number of nitrogens with zero attached hydrogens (tertiary/aromatic N) is 2. The molecule has 0 radical (unpaired) electrons. The minimum atomic E-state index is -0.570. The van der Waals surface area contributed by atoms with Crippen LogP contribution in [0.1, 0.15) is 55.4 Å². The van der Waals surface area contributed by atoms with Gasteiger partial charge in [0.15, 0.2) is 0 Å². The maximum atomic E-state index is 12.8. The van der Waals surface area contributed by atoms with E-state index in [1.54, 1.807) is 11.8 Å². The Morgan fingerprint density at radius 2 is 1.82 bits per heavy atom. The molecule has 1 aromatic carbocycles. The van der Waals surface area contributed by atoms with E-state index in [1.165, 1.54) is 0 Å². The van der Waals surface area contributed by atoms with Crippen LogP contribution in [0.15, 0.2) is 42.5 Å². The summed E-state index contributed by atoms with van der Waals surface area (Å²) in [7, 11) is 0. The van der Waals surface area contributed by atoms with Crippen LogP contribution < -0.4 is 10.6 Å². The van der Waals surface area contributed by atoms with Gasteiger partial charge in [0.25, 0.3) is 5.91 Å². The van der Waals surface area contributed by atoms with Crippen LogP contribution >= 0.6 is 0 Å². The molecule has 3 rings (SSSR count). The first-order valence-corrected chi connectivity index (χ1v) is 9.77. The Kier molecular flexibility index (Phi) is 5.97. The Labute approximate surface area is 166 Å². The van der Waals surface area contributed by atoms with Gasteiger partial charge < -0.3 is 15.5 Å². The fourth-order valence-corrected chi connectivity index (χ4v) is 3.21. The van der Waals surface area contributed by atoms with Crippen molar-refractivity contribution >= 4 is 17.6 Å². The molecule has 1 aliphatic heterocycles. The topological polar surface area (TPSA) is 74.3 Å². The van der Waals surface area contributed by atoms with Crippen molar-refractivity contribution in [2.24, 2.45) is 5.92 Å². The van der Waals surface area contributed by atoms with E-state index in [2.05, 4.69) is 29.5 Å². The van der Waals surface area contributed by atoms with E-state index < -0.39 is 6.04 Å². The lowest BCUT2D eigenvalue weighted by Crippen LogP contribution is -2.45. The number of nitrogens with one attached hydrogen (secondary N) is 2. The number of fused-ring (bicyclic) bond motifs is 1. The summed E-state index contributed by atoms with van der Waals surface area (Å²) in [5.74, 6) is 0.809. The lowest BCUT2D eigenvalue weighted by molar-refractivity contribution is -0.125. The fraction of sp³-hybridized carbons (Fsp3) is 0.409. The standard InChI is InChI=1S/C22H28N4O2/c1-14(2)12-23-19-11-10-18-13-26(22(28)20(18)25-19)16(4)21(27)24-15(3)17-8-6-5-7-9-17/h5-11,14-16H,12-13H2,1-4H3,(H,23,25)(H,24,27)/t15-,16+/m0/s1. The molecule has 1 aromatic heterocycles. The zero-order valence-corrected chi connectivity index (χ0v) is 16.9. The van der Waals surface area contributed by atoms with Crippen LogP contribution in [-0.2, 0) is 11.3 Å². The molecule has 0 aliphatic carbocycles. The van der Waals surface area contributed by atoms with Gasteiger partial charge in [-0.05, 0) is 31.4 Å². The molecule has 2 aromatic rings. The summed E-state index contributed by atoms with van der Waals surface area (Å²) >= 11 is 0. The van der Waals surface area contributed by atoms with Crippen LogP contribution in [0.4, 0.5) is 5.82 Å². The lowest BCUT2D eigenvalue weighted by atomic mass is 10.1. The van der Waals surface area contributed by atoms with Gasteiger partial charge >= 0.3 is 0 Å². The quantitative estimate of drug-likeness (QED) is 0.772. The Morgan fingerprint density at radius 3 is 2.50 bits per heavy atom. The van der Waals surface area contributed by atoms with E-state index in [-0.39, 0.29) is 17.9 Å². The maximum absolute atomic E-state index is 12.8. The fourth-order valence-electron chi connectivity index (χ4n) is 3.21. The molecular formula is C22H28N4O2. The molecule has 6 nitrogen and oxygen atoms in total. The minimum absolute atomic E-state index is 0.124. The van der Waals surface area contributed by atoms with Gasteiger partial charge in [-0.15, -0.1) is 0 Å². The summed E-state index contributed by atoms with van der Waals surface area (Å²) in [5, 5.41) is 6.24. The molecule has 28 heavy (non-hydrogen) atoms. The molecule has 2 N–H and O–H groups in total. The van der Waals surface area contributed by atoms with Gasteiger partial charge in [-0.2, -0.15) is 0 Å². The third-order valence-corrected chi connectivity index (χ3v) is 4.98. The second-order valence-corrected chi connectivity index (χ2v) is 7.73. The van der Waals surface area contributed by atoms with E-state index in [0.29, 0.717) is 24.0 Å². The van der Waals surface area contributed by atoms with Crippen LogP contribution in [0.25, 0.3) is 0 Å². The van der Waals surface area contributed by atoms with Gasteiger partial charge in [0, 0.05) is 18.7 Å². The Hall–Kier alpha value is -2.89. The van der Waals surface area contributed by atoms with Gasteiger partial charge in [-0.3, -0.25) is 9.59 Å². The summed E-state index contributed by atoms with van der Waals surface area (Å²) in [6.45, 7) is 9.12. The zero-order valence-electron chi connectivity index (χ0n) is 16.9. The highest BCUT2D eigenvalue weighted by atomic mass is 16.2. The highest BCUT2D eigenvalue weighted by Crippen LogP contribution is 2.25. The molecule has 1 aliphatic rings. The predicted molar refractivity (Wildman–Crippen MR) is 110 cm³/mol. The number of rotatable bonds is 7.